The van der Waals surface area contributed by atoms with Gasteiger partial charge >= 0.3 is 11.8 Å². The number of aromatic nitrogens is 2. The number of benzene rings is 1. The third-order valence-electron chi connectivity index (χ3n) is 3.81. The molecule has 0 aliphatic rings. The summed E-state index contributed by atoms with van der Waals surface area (Å²) in [5.74, 6) is -1.78. The van der Waals surface area contributed by atoms with Crippen LogP contribution in [0.5, 0.6) is 0 Å². The second kappa shape index (κ2) is 8.75. The molecule has 9 nitrogen and oxygen atoms in total. The molecule has 0 bridgehead atoms. The second-order valence-corrected chi connectivity index (χ2v) is 9.34. The number of anilines is 2. The molecule has 0 fully saturated rings. The topological polar surface area (TPSA) is 122 Å². The minimum Gasteiger partial charge on any atom is -0.317 e. The monoisotopic (exact) mass is 421 g/mol. The Morgan fingerprint density at radius 3 is 2.41 bits per heavy atom. The molecule has 1 heterocycles. The van der Waals surface area contributed by atoms with Crippen molar-refractivity contribution in [1.29, 1.82) is 0 Å². The van der Waals surface area contributed by atoms with Gasteiger partial charge in [-0.25, -0.2) is 13.1 Å². The van der Waals surface area contributed by atoms with E-state index < -0.39 is 27.4 Å². The number of hydrogen-bond donors (Lipinski definition) is 3. The molecule has 0 saturated heterocycles. The quantitative estimate of drug-likeness (QED) is 0.618. The lowest BCUT2D eigenvalue weighted by atomic mass is 10.1. The third kappa shape index (κ3) is 6.13. The molecule has 0 saturated carbocycles. The lowest BCUT2D eigenvalue weighted by molar-refractivity contribution is -0.133. The van der Waals surface area contributed by atoms with Gasteiger partial charge in [-0.2, -0.15) is 5.10 Å². The zero-order chi connectivity index (χ0) is 21.8. The van der Waals surface area contributed by atoms with Crippen molar-refractivity contribution in [3.8, 4) is 0 Å². The number of carbonyl (C=O) groups excluding carboxylic acids is 2. The molecule has 0 spiro atoms. The number of aryl methyl sites for hydroxylation is 1. The SMILES string of the molecule is CCCn1cc(NC(=O)C(=O)Nc2cccc(S(=O)(=O)NC(C)(C)C)c2C)cn1. The van der Waals surface area contributed by atoms with Gasteiger partial charge in [-0.1, -0.05) is 13.0 Å². The van der Waals surface area contributed by atoms with Gasteiger partial charge in [-0.3, -0.25) is 14.3 Å². The molecule has 0 radical (unpaired) electrons. The van der Waals surface area contributed by atoms with Gasteiger partial charge < -0.3 is 10.6 Å². The summed E-state index contributed by atoms with van der Waals surface area (Å²) >= 11 is 0. The zero-order valence-corrected chi connectivity index (χ0v) is 18.1. The third-order valence-corrected chi connectivity index (χ3v) is 5.71. The highest BCUT2D eigenvalue weighted by Gasteiger charge is 2.25. The number of sulfonamides is 1. The summed E-state index contributed by atoms with van der Waals surface area (Å²) in [5, 5.41) is 9.02. The number of nitrogens with zero attached hydrogens (tertiary/aromatic N) is 2. The first kappa shape index (κ1) is 22.6. The Morgan fingerprint density at radius 1 is 1.14 bits per heavy atom. The molecule has 2 aromatic rings. The van der Waals surface area contributed by atoms with Crippen LogP contribution in [-0.2, 0) is 26.2 Å². The lowest BCUT2D eigenvalue weighted by Crippen LogP contribution is -2.40. The van der Waals surface area contributed by atoms with Crippen LogP contribution in [-0.4, -0.2) is 35.6 Å². The summed E-state index contributed by atoms with van der Waals surface area (Å²) < 4.78 is 29.5. The fraction of sp³-hybridized carbons (Fsp3) is 0.421. The van der Waals surface area contributed by atoms with Crippen LogP contribution >= 0.6 is 0 Å². The van der Waals surface area contributed by atoms with Crippen molar-refractivity contribution in [2.24, 2.45) is 0 Å². The highest BCUT2D eigenvalue weighted by Crippen LogP contribution is 2.24. The van der Waals surface area contributed by atoms with E-state index in [2.05, 4.69) is 20.5 Å². The normalized spacial score (nSPS) is 11.9. The van der Waals surface area contributed by atoms with Crippen molar-refractivity contribution in [2.45, 2.75) is 58.0 Å². The smallest absolute Gasteiger partial charge is 0.314 e. The number of hydrogen-bond acceptors (Lipinski definition) is 5. The Balaban J connectivity index is 2.15. The van der Waals surface area contributed by atoms with Crippen molar-refractivity contribution in [2.75, 3.05) is 10.6 Å². The number of carbonyl (C=O) groups is 2. The largest absolute Gasteiger partial charge is 0.317 e. The minimum absolute atomic E-state index is 0.0338. The van der Waals surface area contributed by atoms with Gasteiger partial charge in [-0.05, 0) is 51.8 Å². The maximum absolute atomic E-state index is 12.6. The molecule has 1 aromatic heterocycles. The molecule has 3 N–H and O–H groups in total. The molecule has 1 aromatic carbocycles. The van der Waals surface area contributed by atoms with Crippen LogP contribution in [0, 0.1) is 6.92 Å². The molecule has 29 heavy (non-hydrogen) atoms. The first-order valence-electron chi connectivity index (χ1n) is 9.21. The fourth-order valence-corrected chi connectivity index (χ4v) is 4.33. The first-order valence-corrected chi connectivity index (χ1v) is 10.7. The average Bonchev–Trinajstić information content (AvgIpc) is 3.01. The van der Waals surface area contributed by atoms with Crippen LogP contribution in [0.1, 0.15) is 39.7 Å². The van der Waals surface area contributed by atoms with Gasteiger partial charge in [-0.15, -0.1) is 0 Å². The Bertz CT molecular complexity index is 1010. The molecule has 0 aliphatic carbocycles. The molecular formula is C19H27N5O4S. The van der Waals surface area contributed by atoms with E-state index in [9.17, 15) is 18.0 Å². The summed E-state index contributed by atoms with van der Waals surface area (Å²) in [4.78, 5) is 24.5. The molecule has 0 atom stereocenters. The number of rotatable bonds is 6. The van der Waals surface area contributed by atoms with Crippen LogP contribution in [0.15, 0.2) is 35.5 Å². The maximum Gasteiger partial charge on any atom is 0.314 e. The second-order valence-electron chi connectivity index (χ2n) is 7.68. The van der Waals surface area contributed by atoms with Gasteiger partial charge in [0, 0.05) is 24.0 Å². The summed E-state index contributed by atoms with van der Waals surface area (Å²) in [6.45, 7) is 9.47. The van der Waals surface area contributed by atoms with Crippen LogP contribution < -0.4 is 15.4 Å². The Hall–Kier alpha value is -2.72. The van der Waals surface area contributed by atoms with E-state index in [0.717, 1.165) is 6.42 Å². The van der Waals surface area contributed by atoms with Crippen LogP contribution in [0.25, 0.3) is 0 Å². The number of nitrogens with one attached hydrogen (secondary N) is 3. The van der Waals surface area contributed by atoms with Gasteiger partial charge in [0.2, 0.25) is 10.0 Å². The van der Waals surface area contributed by atoms with Crippen LogP contribution in [0.4, 0.5) is 11.4 Å². The summed E-state index contributed by atoms with van der Waals surface area (Å²) in [6.07, 6.45) is 3.97. The predicted octanol–water partition coefficient (Wildman–Crippen LogP) is 2.26. The van der Waals surface area contributed by atoms with E-state index in [4.69, 9.17) is 0 Å². The van der Waals surface area contributed by atoms with E-state index in [1.807, 2.05) is 6.92 Å². The molecule has 0 unspecified atom stereocenters. The lowest BCUT2D eigenvalue weighted by Gasteiger charge is -2.21. The van der Waals surface area contributed by atoms with Gasteiger partial charge in [0.15, 0.2) is 0 Å². The minimum atomic E-state index is -3.79. The highest BCUT2D eigenvalue weighted by molar-refractivity contribution is 7.89. The Morgan fingerprint density at radius 2 is 1.79 bits per heavy atom. The van der Waals surface area contributed by atoms with Gasteiger partial charge in [0.1, 0.15) is 0 Å². The van der Waals surface area contributed by atoms with Gasteiger partial charge in [0.05, 0.1) is 16.8 Å². The van der Waals surface area contributed by atoms with Crippen molar-refractivity contribution in [1.82, 2.24) is 14.5 Å². The first-order chi connectivity index (χ1) is 13.4. The number of amides is 2. The molecule has 2 rings (SSSR count). The van der Waals surface area contributed by atoms with Crippen molar-refractivity contribution >= 4 is 33.2 Å². The zero-order valence-electron chi connectivity index (χ0n) is 17.2. The molecule has 0 aliphatic heterocycles. The van der Waals surface area contributed by atoms with Crippen molar-refractivity contribution in [3.63, 3.8) is 0 Å². The Kier molecular flexibility index (Phi) is 6.81. The van der Waals surface area contributed by atoms with Crippen molar-refractivity contribution in [3.05, 3.63) is 36.2 Å². The van der Waals surface area contributed by atoms with E-state index >= 15 is 0 Å². The highest BCUT2D eigenvalue weighted by atomic mass is 32.2. The van der Waals surface area contributed by atoms with Crippen molar-refractivity contribution < 1.29 is 18.0 Å². The predicted molar refractivity (Wildman–Crippen MR) is 111 cm³/mol. The van der Waals surface area contributed by atoms with E-state index in [-0.39, 0.29) is 10.6 Å². The van der Waals surface area contributed by atoms with E-state index in [1.165, 1.54) is 24.4 Å². The maximum atomic E-state index is 12.6. The van der Waals surface area contributed by atoms with Crippen LogP contribution in [0.3, 0.4) is 0 Å². The van der Waals surface area contributed by atoms with Crippen LogP contribution in [0.2, 0.25) is 0 Å². The molecule has 10 heteroatoms. The average molecular weight is 422 g/mol. The van der Waals surface area contributed by atoms with E-state index in [1.54, 1.807) is 38.6 Å². The molecule has 158 valence electrons. The summed E-state index contributed by atoms with van der Waals surface area (Å²) in [7, 11) is -3.79. The molecule has 2 amide bonds. The fourth-order valence-electron chi connectivity index (χ4n) is 2.65. The van der Waals surface area contributed by atoms with Gasteiger partial charge in [0.25, 0.3) is 0 Å². The summed E-state index contributed by atoms with van der Waals surface area (Å²) in [6, 6.07) is 4.49. The Labute approximate surface area is 170 Å². The molecular weight excluding hydrogens is 394 g/mol. The van der Waals surface area contributed by atoms with E-state index in [0.29, 0.717) is 17.8 Å². The standard InChI is InChI=1S/C19H27N5O4S/c1-6-10-24-12-14(11-20-24)21-17(25)18(26)22-15-8-7-9-16(13(15)2)29(27,28)23-19(3,4)5/h7-9,11-12,23H,6,10H2,1-5H3,(H,21,25)(H,22,26). The summed E-state index contributed by atoms with van der Waals surface area (Å²) in [5.41, 5.74) is 0.318.